The van der Waals surface area contributed by atoms with Gasteiger partial charge in [0, 0.05) is 12.1 Å². The van der Waals surface area contributed by atoms with Crippen LogP contribution in [0.3, 0.4) is 0 Å². The van der Waals surface area contributed by atoms with Gasteiger partial charge >= 0.3 is 0 Å². The number of aromatic hydroxyl groups is 1. The molecule has 0 radical (unpaired) electrons. The van der Waals surface area contributed by atoms with Crippen molar-refractivity contribution in [2.45, 2.75) is 45.4 Å². The minimum Gasteiger partial charge on any atom is -0.505 e. The van der Waals surface area contributed by atoms with E-state index in [1.165, 1.54) is 12.8 Å². The molecule has 112 valence electrons. The normalized spacial score (nSPS) is 22.6. The summed E-state index contributed by atoms with van der Waals surface area (Å²) >= 11 is 0. The van der Waals surface area contributed by atoms with Gasteiger partial charge in [-0.1, -0.05) is 19.0 Å². The van der Waals surface area contributed by atoms with Crippen molar-refractivity contribution in [1.29, 1.82) is 0 Å². The van der Waals surface area contributed by atoms with E-state index in [-0.39, 0.29) is 5.75 Å². The lowest BCUT2D eigenvalue weighted by Crippen LogP contribution is -2.18. The highest BCUT2D eigenvalue weighted by molar-refractivity contribution is 5.55. The van der Waals surface area contributed by atoms with E-state index in [1.54, 1.807) is 18.3 Å². The number of hydrogen-bond donors (Lipinski definition) is 1. The number of aromatic nitrogens is 3. The van der Waals surface area contributed by atoms with Gasteiger partial charge in [0.2, 0.25) is 0 Å². The fourth-order valence-corrected chi connectivity index (χ4v) is 3.10. The molecule has 1 aliphatic carbocycles. The Morgan fingerprint density at radius 1 is 1.24 bits per heavy atom. The monoisotopic (exact) mass is 287 g/mol. The summed E-state index contributed by atoms with van der Waals surface area (Å²) in [6, 6.07) is 3.24. The number of nitrogens with zero attached hydrogens (tertiary/aromatic N) is 3. The lowest BCUT2D eigenvalue weighted by molar-refractivity contribution is 0.252. The molecule has 2 aromatic heterocycles. The molecule has 0 saturated heterocycles. The molecule has 1 aliphatic rings. The van der Waals surface area contributed by atoms with E-state index in [2.05, 4.69) is 29.0 Å². The molecular weight excluding hydrogens is 266 g/mol. The van der Waals surface area contributed by atoms with Crippen molar-refractivity contribution in [3.63, 3.8) is 0 Å². The molecular formula is C16H21N3O2. The first-order chi connectivity index (χ1) is 10.1. The molecule has 0 atom stereocenters. The van der Waals surface area contributed by atoms with E-state index in [1.807, 2.05) is 0 Å². The fourth-order valence-electron chi connectivity index (χ4n) is 3.10. The highest BCUT2D eigenvalue weighted by atomic mass is 16.5. The third-order valence-corrected chi connectivity index (χ3v) is 4.51. The van der Waals surface area contributed by atoms with Crippen LogP contribution < -0.4 is 0 Å². The Kier molecular flexibility index (Phi) is 3.90. The van der Waals surface area contributed by atoms with Gasteiger partial charge in [-0.15, -0.1) is 0 Å². The number of rotatable bonds is 3. The first-order valence-electron chi connectivity index (χ1n) is 7.63. The van der Waals surface area contributed by atoms with Gasteiger partial charge in [-0.3, -0.25) is 0 Å². The average molecular weight is 287 g/mol. The summed E-state index contributed by atoms with van der Waals surface area (Å²) in [7, 11) is 0. The summed E-state index contributed by atoms with van der Waals surface area (Å²) in [6.45, 7) is 4.59. The zero-order valence-corrected chi connectivity index (χ0v) is 12.5. The van der Waals surface area contributed by atoms with Gasteiger partial charge in [0.15, 0.2) is 11.5 Å². The molecule has 1 saturated carbocycles. The van der Waals surface area contributed by atoms with E-state index >= 15 is 0 Å². The second kappa shape index (κ2) is 5.84. The topological polar surface area (TPSA) is 72.0 Å². The largest absolute Gasteiger partial charge is 0.505 e. The van der Waals surface area contributed by atoms with Gasteiger partial charge < -0.3 is 9.63 Å². The molecule has 0 amide bonds. The Labute approximate surface area is 124 Å². The highest BCUT2D eigenvalue weighted by Crippen LogP contribution is 2.38. The predicted octanol–water partition coefficient (Wildman–Crippen LogP) is 3.77. The molecule has 21 heavy (non-hydrogen) atoms. The van der Waals surface area contributed by atoms with Crippen molar-refractivity contribution in [2.24, 2.45) is 11.8 Å². The zero-order chi connectivity index (χ0) is 14.8. The summed E-state index contributed by atoms with van der Waals surface area (Å²) < 4.78 is 5.28. The summed E-state index contributed by atoms with van der Waals surface area (Å²) in [5, 5.41) is 13.9. The molecule has 0 spiro atoms. The van der Waals surface area contributed by atoms with Crippen LogP contribution in [0.1, 0.15) is 51.3 Å². The third kappa shape index (κ3) is 2.91. The molecule has 2 aromatic rings. The fraction of sp³-hybridized carbons (Fsp3) is 0.562. The standard InChI is InChI=1S/C16H21N3O2/c1-10(2)11-5-7-12(8-6-11)15-18-16(21-19-15)14-13(20)4-3-9-17-14/h3-4,9-12,20H,5-8H2,1-2H3. The third-order valence-electron chi connectivity index (χ3n) is 4.51. The summed E-state index contributed by atoms with van der Waals surface area (Å²) in [4.78, 5) is 8.53. The Morgan fingerprint density at radius 3 is 2.67 bits per heavy atom. The number of pyridine rings is 1. The highest BCUT2D eigenvalue weighted by Gasteiger charge is 2.27. The van der Waals surface area contributed by atoms with Gasteiger partial charge in [0.1, 0.15) is 5.75 Å². The molecule has 0 aromatic carbocycles. The minimum absolute atomic E-state index is 0.0659. The van der Waals surface area contributed by atoms with Crippen LogP contribution in [0.5, 0.6) is 5.75 Å². The van der Waals surface area contributed by atoms with E-state index in [0.29, 0.717) is 17.5 Å². The number of hydrogen-bond acceptors (Lipinski definition) is 5. The smallest absolute Gasteiger partial charge is 0.280 e. The molecule has 5 heteroatoms. The van der Waals surface area contributed by atoms with Crippen LogP contribution in [0.15, 0.2) is 22.9 Å². The van der Waals surface area contributed by atoms with E-state index in [0.717, 1.165) is 30.5 Å². The second-order valence-corrected chi connectivity index (χ2v) is 6.18. The molecule has 1 fully saturated rings. The van der Waals surface area contributed by atoms with Crippen LogP contribution in [-0.2, 0) is 0 Å². The zero-order valence-electron chi connectivity index (χ0n) is 12.5. The molecule has 1 N–H and O–H groups in total. The van der Waals surface area contributed by atoms with E-state index < -0.39 is 0 Å². The van der Waals surface area contributed by atoms with Crippen LogP contribution in [0, 0.1) is 11.8 Å². The van der Waals surface area contributed by atoms with Gasteiger partial charge in [-0.25, -0.2) is 4.98 Å². The molecule has 2 heterocycles. The Balaban J connectivity index is 1.73. The van der Waals surface area contributed by atoms with Gasteiger partial charge in [0.25, 0.3) is 5.89 Å². The van der Waals surface area contributed by atoms with Gasteiger partial charge in [0.05, 0.1) is 0 Å². The van der Waals surface area contributed by atoms with Crippen molar-refractivity contribution in [2.75, 3.05) is 0 Å². The molecule has 5 nitrogen and oxygen atoms in total. The second-order valence-electron chi connectivity index (χ2n) is 6.18. The summed E-state index contributed by atoms with van der Waals surface area (Å²) in [5.41, 5.74) is 0.354. The van der Waals surface area contributed by atoms with E-state index in [4.69, 9.17) is 4.52 Å². The predicted molar refractivity (Wildman–Crippen MR) is 78.7 cm³/mol. The maximum atomic E-state index is 9.79. The van der Waals surface area contributed by atoms with Crippen LogP contribution in [0.2, 0.25) is 0 Å². The van der Waals surface area contributed by atoms with Gasteiger partial charge in [-0.05, 0) is 49.7 Å². The van der Waals surface area contributed by atoms with Crippen molar-refractivity contribution in [1.82, 2.24) is 15.1 Å². The molecule has 3 rings (SSSR count). The Bertz CT molecular complexity index is 601. The molecule has 0 bridgehead atoms. The SMILES string of the molecule is CC(C)C1CCC(c2noc(-c3ncccc3O)n2)CC1. The van der Waals surface area contributed by atoms with Crippen LogP contribution in [-0.4, -0.2) is 20.2 Å². The minimum atomic E-state index is 0.0659. The van der Waals surface area contributed by atoms with E-state index in [9.17, 15) is 5.11 Å². The van der Waals surface area contributed by atoms with Crippen LogP contribution in [0.4, 0.5) is 0 Å². The summed E-state index contributed by atoms with van der Waals surface area (Å²) in [6.07, 6.45) is 6.26. The average Bonchev–Trinajstić information content (AvgIpc) is 2.97. The maximum absolute atomic E-state index is 9.79. The van der Waals surface area contributed by atoms with Crippen LogP contribution in [0.25, 0.3) is 11.6 Å². The Morgan fingerprint density at radius 2 is 2.00 bits per heavy atom. The summed E-state index contributed by atoms with van der Waals surface area (Å²) in [5.74, 6) is 3.04. The van der Waals surface area contributed by atoms with Crippen molar-refractivity contribution in [3.8, 4) is 17.3 Å². The molecule has 0 unspecified atom stereocenters. The van der Waals surface area contributed by atoms with Gasteiger partial charge in [-0.2, -0.15) is 4.98 Å². The Hall–Kier alpha value is -1.91. The van der Waals surface area contributed by atoms with Crippen molar-refractivity contribution >= 4 is 0 Å². The lowest BCUT2D eigenvalue weighted by Gasteiger charge is -2.29. The van der Waals surface area contributed by atoms with Crippen molar-refractivity contribution in [3.05, 3.63) is 24.2 Å². The van der Waals surface area contributed by atoms with Crippen LogP contribution >= 0.6 is 0 Å². The van der Waals surface area contributed by atoms with Crippen molar-refractivity contribution < 1.29 is 9.63 Å². The first-order valence-corrected chi connectivity index (χ1v) is 7.63. The quantitative estimate of drug-likeness (QED) is 0.930. The first kappa shape index (κ1) is 14.0. The molecule has 0 aliphatic heterocycles. The maximum Gasteiger partial charge on any atom is 0.280 e. The lowest BCUT2D eigenvalue weighted by atomic mass is 9.77.